The first-order chi connectivity index (χ1) is 14.1. The van der Waals surface area contributed by atoms with Gasteiger partial charge in [0.15, 0.2) is 0 Å². The van der Waals surface area contributed by atoms with Crippen molar-refractivity contribution in [3.05, 3.63) is 46.8 Å². The van der Waals surface area contributed by atoms with Gasteiger partial charge in [0.1, 0.15) is 5.75 Å². The van der Waals surface area contributed by atoms with Crippen LogP contribution in [-0.4, -0.2) is 48.7 Å². The Kier molecular flexibility index (Phi) is 5.94. The van der Waals surface area contributed by atoms with Crippen LogP contribution < -0.4 is 15.0 Å². The molecule has 0 unspecified atom stereocenters. The average molecular weight is 396 g/mol. The second kappa shape index (κ2) is 8.78. The van der Waals surface area contributed by atoms with Crippen molar-refractivity contribution in [2.75, 3.05) is 31.7 Å². The number of aryl methyl sites for hydroxylation is 1. The van der Waals surface area contributed by atoms with Gasteiger partial charge in [0.2, 0.25) is 11.9 Å². The van der Waals surface area contributed by atoms with E-state index >= 15 is 0 Å². The van der Waals surface area contributed by atoms with Crippen LogP contribution in [0.5, 0.6) is 5.75 Å². The Morgan fingerprint density at radius 1 is 1.34 bits per heavy atom. The highest BCUT2D eigenvalue weighted by Gasteiger charge is 2.23. The zero-order valence-corrected chi connectivity index (χ0v) is 17.1. The molecule has 2 aliphatic rings. The van der Waals surface area contributed by atoms with E-state index in [1.54, 1.807) is 7.11 Å². The summed E-state index contributed by atoms with van der Waals surface area (Å²) in [7, 11) is 1.66. The van der Waals surface area contributed by atoms with E-state index in [1.165, 1.54) is 0 Å². The summed E-state index contributed by atoms with van der Waals surface area (Å²) in [5.41, 5.74) is 4.25. The molecule has 0 spiro atoms. The van der Waals surface area contributed by atoms with Crippen LogP contribution in [0.3, 0.4) is 0 Å². The van der Waals surface area contributed by atoms with Crippen LogP contribution in [0.4, 0.5) is 5.95 Å². The van der Waals surface area contributed by atoms with Crippen LogP contribution >= 0.6 is 0 Å². The zero-order valence-electron chi connectivity index (χ0n) is 17.1. The summed E-state index contributed by atoms with van der Waals surface area (Å²) < 4.78 is 10.7. The van der Waals surface area contributed by atoms with Crippen LogP contribution in [0.2, 0.25) is 0 Å². The fraction of sp³-hybridized carbons (Fsp3) is 0.500. The fourth-order valence-corrected chi connectivity index (χ4v) is 4.01. The topological polar surface area (TPSA) is 76.6 Å². The number of amides is 1. The highest BCUT2D eigenvalue weighted by atomic mass is 16.5. The fourth-order valence-electron chi connectivity index (χ4n) is 4.01. The van der Waals surface area contributed by atoms with Gasteiger partial charge >= 0.3 is 0 Å². The lowest BCUT2D eigenvalue weighted by molar-refractivity contribution is -0.121. The molecule has 1 aromatic carbocycles. The Balaban J connectivity index is 1.28. The smallest absolute Gasteiger partial charge is 0.225 e. The van der Waals surface area contributed by atoms with E-state index in [0.717, 1.165) is 73.0 Å². The van der Waals surface area contributed by atoms with Gasteiger partial charge < -0.3 is 19.7 Å². The summed E-state index contributed by atoms with van der Waals surface area (Å²) in [5, 5.41) is 3.18. The van der Waals surface area contributed by atoms with Gasteiger partial charge in [-0.05, 0) is 37.0 Å². The number of piperidine rings is 1. The third-order valence-corrected chi connectivity index (χ3v) is 5.65. The first kappa shape index (κ1) is 19.6. The van der Waals surface area contributed by atoms with Crippen molar-refractivity contribution in [2.24, 2.45) is 0 Å². The van der Waals surface area contributed by atoms with E-state index in [9.17, 15) is 4.79 Å². The van der Waals surface area contributed by atoms with Crippen molar-refractivity contribution in [3.63, 3.8) is 0 Å². The van der Waals surface area contributed by atoms with Gasteiger partial charge in [0, 0.05) is 37.3 Å². The van der Waals surface area contributed by atoms with Crippen molar-refractivity contribution in [2.45, 2.75) is 45.3 Å². The third-order valence-electron chi connectivity index (χ3n) is 5.65. The molecule has 1 N–H and O–H groups in total. The first-order valence-corrected chi connectivity index (χ1v) is 10.2. The molecule has 1 saturated heterocycles. The van der Waals surface area contributed by atoms with Crippen LogP contribution in [0.1, 0.15) is 35.2 Å². The number of carbonyl (C=O) groups is 1. The minimum absolute atomic E-state index is 0.0676. The van der Waals surface area contributed by atoms with E-state index in [-0.39, 0.29) is 11.9 Å². The summed E-state index contributed by atoms with van der Waals surface area (Å²) in [4.78, 5) is 23.9. The number of ether oxygens (including phenoxy) is 2. The summed E-state index contributed by atoms with van der Waals surface area (Å²) in [6.45, 7) is 5.03. The van der Waals surface area contributed by atoms with Crippen LogP contribution in [-0.2, 0) is 29.0 Å². The lowest BCUT2D eigenvalue weighted by atomic mass is 10.0. The normalized spacial score (nSPS) is 17.0. The van der Waals surface area contributed by atoms with E-state index in [1.807, 2.05) is 31.3 Å². The Hall–Kier alpha value is -2.67. The molecule has 29 heavy (non-hydrogen) atoms. The molecule has 7 heteroatoms. The zero-order chi connectivity index (χ0) is 20.2. The molecule has 0 radical (unpaired) electrons. The number of rotatable bonds is 5. The molecule has 0 saturated carbocycles. The summed E-state index contributed by atoms with van der Waals surface area (Å²) in [5.74, 6) is 1.71. The van der Waals surface area contributed by atoms with Crippen molar-refractivity contribution >= 4 is 11.9 Å². The van der Waals surface area contributed by atoms with Gasteiger partial charge in [-0.2, -0.15) is 0 Å². The molecule has 1 fully saturated rings. The Morgan fingerprint density at radius 2 is 2.17 bits per heavy atom. The molecule has 7 nitrogen and oxygen atoms in total. The number of benzene rings is 1. The second-order valence-corrected chi connectivity index (χ2v) is 7.75. The molecule has 4 rings (SSSR count). The van der Waals surface area contributed by atoms with E-state index < -0.39 is 0 Å². The molecule has 0 aliphatic carbocycles. The molecular weight excluding hydrogens is 368 g/mol. The van der Waals surface area contributed by atoms with Gasteiger partial charge in [-0.1, -0.05) is 12.1 Å². The summed E-state index contributed by atoms with van der Waals surface area (Å²) >= 11 is 0. The minimum atomic E-state index is 0.0676. The average Bonchev–Trinajstić information content (AvgIpc) is 2.74. The molecule has 3 heterocycles. The van der Waals surface area contributed by atoms with Gasteiger partial charge in [-0.25, -0.2) is 9.97 Å². The number of carbonyl (C=O) groups excluding carboxylic acids is 1. The van der Waals surface area contributed by atoms with Gasteiger partial charge in [0.05, 0.1) is 32.4 Å². The maximum atomic E-state index is 12.5. The van der Waals surface area contributed by atoms with Crippen molar-refractivity contribution < 1.29 is 14.3 Å². The number of methoxy groups -OCH3 is 1. The SMILES string of the molecule is COc1ccc(CC(=O)NC2CCN(c3ncc4c(n3)CCOC4)CC2)cc1C. The standard InChI is InChI=1S/C22H28N4O3/c1-15-11-16(3-4-20(15)28-2)12-21(27)24-18-5-8-26(9-6-18)22-23-13-17-14-29-10-7-19(17)25-22/h3-4,11,13,18H,5-10,12,14H2,1-2H3,(H,24,27). The number of fused-ring (bicyclic) bond motifs is 1. The summed E-state index contributed by atoms with van der Waals surface area (Å²) in [6.07, 6.45) is 4.93. The number of hydrogen-bond acceptors (Lipinski definition) is 6. The largest absolute Gasteiger partial charge is 0.496 e. The predicted octanol–water partition coefficient (Wildman–Crippen LogP) is 2.19. The van der Waals surface area contributed by atoms with Crippen molar-refractivity contribution in [3.8, 4) is 5.75 Å². The highest BCUT2D eigenvalue weighted by molar-refractivity contribution is 5.79. The lowest BCUT2D eigenvalue weighted by Gasteiger charge is -2.33. The van der Waals surface area contributed by atoms with E-state index in [2.05, 4.69) is 15.2 Å². The summed E-state index contributed by atoms with van der Waals surface area (Å²) in [6, 6.07) is 6.08. The lowest BCUT2D eigenvalue weighted by Crippen LogP contribution is -2.45. The molecule has 2 aliphatic heterocycles. The molecule has 1 amide bonds. The maximum absolute atomic E-state index is 12.5. The monoisotopic (exact) mass is 396 g/mol. The van der Waals surface area contributed by atoms with Gasteiger partial charge in [-0.3, -0.25) is 4.79 Å². The molecule has 0 bridgehead atoms. The number of aromatic nitrogens is 2. The van der Waals surface area contributed by atoms with E-state index in [4.69, 9.17) is 14.5 Å². The predicted molar refractivity (Wildman–Crippen MR) is 110 cm³/mol. The minimum Gasteiger partial charge on any atom is -0.496 e. The Morgan fingerprint density at radius 3 is 2.93 bits per heavy atom. The van der Waals surface area contributed by atoms with E-state index in [0.29, 0.717) is 13.0 Å². The van der Waals surface area contributed by atoms with Gasteiger partial charge in [0.25, 0.3) is 0 Å². The number of hydrogen-bond donors (Lipinski definition) is 1. The Bertz CT molecular complexity index is 878. The molecule has 154 valence electrons. The number of anilines is 1. The first-order valence-electron chi connectivity index (χ1n) is 10.2. The van der Waals surface area contributed by atoms with Crippen LogP contribution in [0, 0.1) is 6.92 Å². The molecular formula is C22H28N4O3. The highest BCUT2D eigenvalue weighted by Crippen LogP contribution is 2.21. The number of nitrogens with zero attached hydrogens (tertiary/aromatic N) is 3. The third kappa shape index (κ3) is 4.67. The second-order valence-electron chi connectivity index (χ2n) is 7.75. The van der Waals surface area contributed by atoms with Crippen molar-refractivity contribution in [1.82, 2.24) is 15.3 Å². The van der Waals surface area contributed by atoms with Crippen LogP contribution in [0.25, 0.3) is 0 Å². The number of nitrogens with one attached hydrogen (secondary N) is 1. The Labute approximate surface area is 171 Å². The molecule has 1 aromatic heterocycles. The maximum Gasteiger partial charge on any atom is 0.225 e. The molecule has 2 aromatic rings. The quantitative estimate of drug-likeness (QED) is 0.835. The van der Waals surface area contributed by atoms with Crippen molar-refractivity contribution in [1.29, 1.82) is 0 Å². The molecule has 0 atom stereocenters. The van der Waals surface area contributed by atoms with Gasteiger partial charge in [-0.15, -0.1) is 0 Å². The van der Waals surface area contributed by atoms with Crippen LogP contribution in [0.15, 0.2) is 24.4 Å².